The molecule has 0 saturated carbocycles. The smallest absolute Gasteiger partial charge is 0.270 e. The van der Waals surface area contributed by atoms with Crippen molar-refractivity contribution in [3.63, 3.8) is 0 Å². The largest absolute Gasteiger partial charge is 0.299 e. The molecule has 0 aliphatic rings. The minimum absolute atomic E-state index is 0.117. The maximum atomic E-state index is 11.5. The SMILES string of the molecule is COS(=O)(=O)c1c(Cl)c(Cl)c(Cl)c(Cl)c1Cl. The summed E-state index contributed by atoms with van der Waals surface area (Å²) in [6.07, 6.45) is 0. The molecule has 0 bridgehead atoms. The van der Waals surface area contributed by atoms with Crippen LogP contribution in [0.1, 0.15) is 0 Å². The topological polar surface area (TPSA) is 43.4 Å². The molecule has 16 heavy (non-hydrogen) atoms. The van der Waals surface area contributed by atoms with E-state index in [2.05, 4.69) is 4.18 Å². The second-order valence-corrected chi connectivity index (χ2v) is 6.06. The van der Waals surface area contributed by atoms with Gasteiger partial charge in [0.2, 0.25) is 0 Å². The molecule has 1 rings (SSSR count). The Labute approximate surface area is 117 Å². The van der Waals surface area contributed by atoms with Crippen LogP contribution < -0.4 is 0 Å². The van der Waals surface area contributed by atoms with Gasteiger partial charge in [-0.15, -0.1) is 0 Å². The number of hydrogen-bond donors (Lipinski definition) is 0. The summed E-state index contributed by atoms with van der Waals surface area (Å²) in [7, 11) is -3.16. The zero-order valence-corrected chi connectivity index (χ0v) is 12.1. The third kappa shape index (κ3) is 2.38. The molecule has 0 amide bonds. The Morgan fingerprint density at radius 2 is 1.12 bits per heavy atom. The van der Waals surface area contributed by atoms with Crippen molar-refractivity contribution in [2.75, 3.05) is 7.11 Å². The normalized spacial score (nSPS) is 11.9. The zero-order valence-electron chi connectivity index (χ0n) is 7.52. The highest BCUT2D eigenvalue weighted by Gasteiger charge is 2.28. The Morgan fingerprint density at radius 3 is 1.44 bits per heavy atom. The van der Waals surface area contributed by atoms with Gasteiger partial charge in [-0.05, 0) is 0 Å². The summed E-state index contributed by atoms with van der Waals surface area (Å²) in [4.78, 5) is -0.502. The van der Waals surface area contributed by atoms with E-state index in [0.29, 0.717) is 0 Å². The average Bonchev–Trinajstić information content (AvgIpc) is 2.23. The maximum Gasteiger partial charge on any atom is 0.299 e. The Balaban J connectivity index is 3.79. The number of hydrogen-bond acceptors (Lipinski definition) is 3. The van der Waals surface area contributed by atoms with Gasteiger partial charge in [0, 0.05) is 0 Å². The molecule has 3 nitrogen and oxygen atoms in total. The Hall–Kier alpha value is 0.580. The van der Waals surface area contributed by atoms with E-state index in [0.717, 1.165) is 7.11 Å². The van der Waals surface area contributed by atoms with Crippen molar-refractivity contribution in [1.29, 1.82) is 0 Å². The molecule has 0 aliphatic heterocycles. The molecule has 0 unspecified atom stereocenters. The molecule has 0 aromatic heterocycles. The highest BCUT2D eigenvalue weighted by atomic mass is 35.5. The Morgan fingerprint density at radius 1 is 0.812 bits per heavy atom. The van der Waals surface area contributed by atoms with Crippen molar-refractivity contribution in [1.82, 2.24) is 0 Å². The van der Waals surface area contributed by atoms with E-state index >= 15 is 0 Å². The lowest BCUT2D eigenvalue weighted by molar-refractivity contribution is 0.398. The first-order chi connectivity index (χ1) is 7.24. The summed E-state index contributed by atoms with van der Waals surface area (Å²) >= 11 is 28.5. The highest BCUT2D eigenvalue weighted by Crippen LogP contribution is 2.46. The van der Waals surface area contributed by atoms with Crippen LogP contribution in [0, 0.1) is 0 Å². The van der Waals surface area contributed by atoms with Gasteiger partial charge in [-0.2, -0.15) is 8.42 Å². The van der Waals surface area contributed by atoms with E-state index in [-0.39, 0.29) is 25.1 Å². The lowest BCUT2D eigenvalue weighted by Crippen LogP contribution is -2.05. The van der Waals surface area contributed by atoms with Crippen LogP contribution in [0.2, 0.25) is 25.1 Å². The van der Waals surface area contributed by atoms with E-state index in [1.165, 1.54) is 0 Å². The summed E-state index contributed by atoms with van der Waals surface area (Å²) in [5.74, 6) is 0. The summed E-state index contributed by atoms with van der Waals surface area (Å²) in [5.41, 5.74) is 0. The number of halogens is 5. The molecule has 90 valence electrons. The predicted molar refractivity (Wildman–Crippen MR) is 65.7 cm³/mol. The van der Waals surface area contributed by atoms with E-state index in [9.17, 15) is 8.42 Å². The molecule has 0 atom stereocenters. The summed E-state index contributed by atoms with van der Waals surface area (Å²) in [5, 5.41) is -1.18. The fourth-order valence-corrected chi connectivity index (χ4v) is 3.51. The van der Waals surface area contributed by atoms with Crippen molar-refractivity contribution in [2.45, 2.75) is 4.90 Å². The number of rotatable bonds is 2. The third-order valence-electron chi connectivity index (χ3n) is 1.64. The molecule has 0 N–H and O–H groups in total. The van der Waals surface area contributed by atoms with Gasteiger partial charge < -0.3 is 0 Å². The van der Waals surface area contributed by atoms with Crippen molar-refractivity contribution < 1.29 is 12.6 Å². The van der Waals surface area contributed by atoms with Crippen LogP contribution in [-0.2, 0) is 14.3 Å². The van der Waals surface area contributed by atoms with Gasteiger partial charge in [0.25, 0.3) is 10.1 Å². The first kappa shape index (κ1) is 14.6. The Kier molecular flexibility index (Phi) is 4.63. The first-order valence-electron chi connectivity index (χ1n) is 3.56. The van der Waals surface area contributed by atoms with E-state index in [1.54, 1.807) is 0 Å². The standard InChI is InChI=1S/C7H3Cl5O3S/c1-15-16(13,14)7-5(11)3(9)2(8)4(10)6(7)12/h1H3. The highest BCUT2D eigenvalue weighted by molar-refractivity contribution is 7.87. The average molecular weight is 344 g/mol. The van der Waals surface area contributed by atoms with Crippen molar-refractivity contribution in [3.05, 3.63) is 25.1 Å². The second kappa shape index (κ2) is 5.06. The maximum absolute atomic E-state index is 11.5. The van der Waals surface area contributed by atoms with E-state index in [1.807, 2.05) is 0 Å². The molecule has 0 saturated heterocycles. The van der Waals surface area contributed by atoms with Gasteiger partial charge in [0.1, 0.15) is 4.90 Å². The fraction of sp³-hybridized carbons (Fsp3) is 0.143. The van der Waals surface area contributed by atoms with Crippen molar-refractivity contribution in [2.24, 2.45) is 0 Å². The predicted octanol–water partition coefficient (Wildman–Crippen LogP) is 4.29. The van der Waals surface area contributed by atoms with Crippen LogP contribution in [0.3, 0.4) is 0 Å². The van der Waals surface area contributed by atoms with Crippen molar-refractivity contribution in [3.8, 4) is 0 Å². The Bertz CT molecular complexity index is 510. The monoisotopic (exact) mass is 342 g/mol. The van der Waals surface area contributed by atoms with Gasteiger partial charge in [-0.1, -0.05) is 58.0 Å². The fourth-order valence-electron chi connectivity index (χ4n) is 0.888. The number of benzene rings is 1. The van der Waals surface area contributed by atoms with E-state index in [4.69, 9.17) is 58.0 Å². The van der Waals surface area contributed by atoms with Gasteiger partial charge in [0.05, 0.1) is 32.2 Å². The van der Waals surface area contributed by atoms with E-state index < -0.39 is 15.0 Å². The zero-order chi connectivity index (χ0) is 12.7. The van der Waals surface area contributed by atoms with Crippen LogP contribution in [0.25, 0.3) is 0 Å². The minimum atomic E-state index is -4.11. The first-order valence-corrected chi connectivity index (χ1v) is 6.86. The molecule has 0 heterocycles. The van der Waals surface area contributed by atoms with Gasteiger partial charge in [0.15, 0.2) is 0 Å². The molecule has 0 aliphatic carbocycles. The van der Waals surface area contributed by atoms with Crippen LogP contribution >= 0.6 is 58.0 Å². The second-order valence-electron chi connectivity index (χ2n) is 2.52. The molecule has 0 fully saturated rings. The van der Waals surface area contributed by atoms with Crippen LogP contribution in [0.5, 0.6) is 0 Å². The minimum Gasteiger partial charge on any atom is -0.270 e. The van der Waals surface area contributed by atoms with Gasteiger partial charge in [-0.3, -0.25) is 4.18 Å². The van der Waals surface area contributed by atoms with Gasteiger partial charge in [-0.25, -0.2) is 0 Å². The lowest BCUT2D eigenvalue weighted by Gasteiger charge is -2.11. The van der Waals surface area contributed by atoms with Crippen LogP contribution in [0.15, 0.2) is 4.90 Å². The van der Waals surface area contributed by atoms with Crippen molar-refractivity contribution >= 4 is 68.1 Å². The summed E-state index contributed by atoms with van der Waals surface area (Å²) in [6.45, 7) is 0. The summed E-state index contributed by atoms with van der Waals surface area (Å²) in [6, 6.07) is 0. The molecular formula is C7H3Cl5O3S. The molecule has 0 radical (unpaired) electrons. The lowest BCUT2D eigenvalue weighted by atomic mass is 10.3. The van der Waals surface area contributed by atoms with Crippen LogP contribution in [0.4, 0.5) is 0 Å². The third-order valence-corrected chi connectivity index (χ3v) is 5.49. The van der Waals surface area contributed by atoms with Gasteiger partial charge >= 0.3 is 0 Å². The molecule has 1 aromatic carbocycles. The summed E-state index contributed by atoms with van der Waals surface area (Å²) < 4.78 is 27.3. The molecule has 0 spiro atoms. The molecule has 9 heteroatoms. The molecule has 1 aromatic rings. The molecular weight excluding hydrogens is 341 g/mol. The quantitative estimate of drug-likeness (QED) is 0.457. The van der Waals surface area contributed by atoms with Crippen LogP contribution in [-0.4, -0.2) is 15.5 Å².